The Kier molecular flexibility index (Phi) is 105. The predicted molar refractivity (Wildman–Crippen MR) is 523 cm³/mol. The molecule has 5 rings (SSSR count). The summed E-state index contributed by atoms with van der Waals surface area (Å²) in [7, 11) is 6.17. The number of hydrogen-bond acceptors (Lipinski definition) is 20. The lowest BCUT2D eigenvalue weighted by atomic mass is 9.88. The third-order valence-corrected chi connectivity index (χ3v) is 18.6. The Bertz CT molecular complexity index is 2360. The van der Waals surface area contributed by atoms with Gasteiger partial charge >= 0.3 is 0 Å². The van der Waals surface area contributed by atoms with Crippen molar-refractivity contribution in [1.82, 2.24) is 40.4 Å². The van der Waals surface area contributed by atoms with Gasteiger partial charge in [-0.1, -0.05) is 108 Å². The van der Waals surface area contributed by atoms with Gasteiger partial charge in [-0.05, 0) is 282 Å². The Hall–Kier alpha value is -6.15. The number of oxime groups is 1. The van der Waals surface area contributed by atoms with Crippen LogP contribution in [0.4, 0.5) is 0 Å². The summed E-state index contributed by atoms with van der Waals surface area (Å²) in [5.74, 6) is 7.81. The van der Waals surface area contributed by atoms with E-state index in [9.17, 15) is 0 Å². The molecule has 0 bridgehead atoms. The molecule has 698 valence electrons. The highest BCUT2D eigenvalue weighted by Gasteiger charge is 2.21. The molecule has 0 spiro atoms. The maximum absolute atomic E-state index is 7.59. The number of aliphatic imine (C=N–C) groups is 6. The van der Waals surface area contributed by atoms with Crippen LogP contribution in [0.25, 0.3) is 0 Å². The average Bonchev–Trinajstić information content (AvgIpc) is 1.79. The van der Waals surface area contributed by atoms with E-state index in [1.165, 1.54) is 141 Å². The van der Waals surface area contributed by atoms with E-state index in [1.807, 2.05) is 50.6 Å². The highest BCUT2D eigenvalue weighted by Crippen LogP contribution is 2.25. The van der Waals surface area contributed by atoms with Crippen molar-refractivity contribution in [2.24, 2.45) is 110 Å². The van der Waals surface area contributed by atoms with Crippen molar-refractivity contribution in [3.8, 4) is 0 Å². The molecule has 5 fully saturated rings. The maximum Gasteiger partial charge on any atom is 0.185 e. The van der Waals surface area contributed by atoms with Crippen LogP contribution in [-0.4, -0.2) is 272 Å². The second kappa shape index (κ2) is 95.3. The first-order valence-corrected chi connectivity index (χ1v) is 43.8. The first kappa shape index (κ1) is 129. The van der Waals surface area contributed by atoms with Crippen molar-refractivity contribution in [2.75, 3.05) is 165 Å². The average molecular weight is 1670 g/mol. The number of amidine groups is 8. The molecule has 3 heterocycles. The van der Waals surface area contributed by atoms with Crippen LogP contribution in [0.15, 0.2) is 35.1 Å². The van der Waals surface area contributed by atoms with Gasteiger partial charge in [-0.2, -0.15) is 0 Å². The van der Waals surface area contributed by atoms with Gasteiger partial charge in [0.2, 0.25) is 0 Å². The zero-order valence-corrected chi connectivity index (χ0v) is 77.0. The lowest BCUT2D eigenvalue weighted by Crippen LogP contribution is -2.34. The Morgan fingerprint density at radius 1 is 0.496 bits per heavy atom. The van der Waals surface area contributed by atoms with Crippen LogP contribution in [0.5, 0.6) is 0 Å². The zero-order valence-electron chi connectivity index (χ0n) is 77.0. The minimum atomic E-state index is 0. The van der Waals surface area contributed by atoms with Crippen molar-refractivity contribution in [1.29, 1.82) is 21.6 Å². The number of nitrogens with two attached hydrogens (primary N) is 10. The molecule has 3 saturated heterocycles. The number of unbranched alkanes of at least 4 members (excludes halogenated alkanes) is 2. The van der Waals surface area contributed by atoms with Gasteiger partial charge in [-0.25, -0.2) is 0 Å². The highest BCUT2D eigenvalue weighted by atomic mass is 16.6. The number of hydrogen-bond donors (Lipinski definition) is 17. The highest BCUT2D eigenvalue weighted by molar-refractivity contribution is 5.82. The molecular weight excluding hydrogens is 1470 g/mol. The summed E-state index contributed by atoms with van der Waals surface area (Å²) >= 11 is 0. The SMILES string of the molecule is C.C.C.CC(=N)N(CCCN)CCCN.CC(CC1CCCNC1)=NC1CCCNC1.CC(N)=NC1CCC(C)CC1.CC(N)=NCCCN(C)C.CC(N)=NOCCN.CC=NCCCC.CCC1CCN(C(C)=N)C1.CCCCN(CCCN=C(N)N)C(C)=N.CCCN(CCN)C(C)=N.CCCN=C(C)N.CNC1CCCCC1. The van der Waals surface area contributed by atoms with Crippen LogP contribution < -0.4 is 73.3 Å². The molecule has 0 aromatic rings. The quantitative estimate of drug-likeness (QED) is 0.0121. The predicted octanol–water partition coefficient (Wildman–Crippen LogP) is 12.3. The summed E-state index contributed by atoms with van der Waals surface area (Å²) in [6.45, 7) is 51.2. The first-order chi connectivity index (χ1) is 54.3. The summed E-state index contributed by atoms with van der Waals surface area (Å²) in [6, 6.07) is 1.91. The van der Waals surface area contributed by atoms with Gasteiger partial charge < -0.3 is 103 Å². The number of nitrogens with one attached hydrogen (secondary N) is 7. The normalized spacial score (nSPS) is 17.7. The topological polar surface area (TPSA) is 504 Å². The number of likely N-dealkylation sites (tertiary alicyclic amines) is 1. The van der Waals surface area contributed by atoms with Gasteiger partial charge in [0, 0.05) is 110 Å². The molecule has 2 saturated carbocycles. The van der Waals surface area contributed by atoms with E-state index in [1.54, 1.807) is 27.7 Å². The second-order valence-electron chi connectivity index (χ2n) is 30.6. The third kappa shape index (κ3) is 98.6. The Morgan fingerprint density at radius 2 is 1.01 bits per heavy atom. The molecule has 117 heavy (non-hydrogen) atoms. The molecule has 27 N–H and O–H groups in total. The fraction of sp³-hybridized carbons (Fsp3) is 0.874. The van der Waals surface area contributed by atoms with Crippen LogP contribution in [0.1, 0.15) is 300 Å². The molecule has 3 aliphatic heterocycles. The van der Waals surface area contributed by atoms with Crippen LogP contribution >= 0.6 is 0 Å². The molecule has 0 aromatic carbocycles. The molecule has 0 amide bonds. The molecule has 0 aromatic heterocycles. The van der Waals surface area contributed by atoms with E-state index in [0.29, 0.717) is 86.4 Å². The number of piperidine rings is 2. The monoisotopic (exact) mass is 1670 g/mol. The number of rotatable bonds is 35. The zero-order chi connectivity index (χ0) is 87.6. The second-order valence-corrected chi connectivity index (χ2v) is 30.6. The van der Waals surface area contributed by atoms with Gasteiger partial charge in [0.25, 0.3) is 0 Å². The van der Waals surface area contributed by atoms with E-state index >= 15 is 0 Å². The smallest absolute Gasteiger partial charge is 0.185 e. The summed E-state index contributed by atoms with van der Waals surface area (Å²) in [6.07, 6.45) is 33.9. The summed E-state index contributed by atoms with van der Waals surface area (Å²) in [5.41, 5.74) is 54.2. The van der Waals surface area contributed by atoms with Gasteiger partial charge in [0.1, 0.15) is 12.4 Å². The van der Waals surface area contributed by atoms with Gasteiger partial charge in [-0.3, -0.25) is 51.6 Å². The Labute approximate surface area is 721 Å². The number of guanidine groups is 1. The lowest BCUT2D eigenvalue weighted by molar-refractivity contribution is 0.151. The van der Waals surface area contributed by atoms with Crippen molar-refractivity contribution in [3.05, 3.63) is 0 Å². The van der Waals surface area contributed by atoms with Crippen LogP contribution in [-0.2, 0) is 4.84 Å². The van der Waals surface area contributed by atoms with Crippen molar-refractivity contribution >= 4 is 64.6 Å². The minimum absolute atomic E-state index is 0. The van der Waals surface area contributed by atoms with E-state index in [4.69, 9.17) is 84.0 Å². The van der Waals surface area contributed by atoms with Gasteiger partial charge in [0.05, 0.1) is 52.9 Å². The first-order valence-electron chi connectivity index (χ1n) is 43.8. The molecule has 3 unspecified atom stereocenters. The maximum atomic E-state index is 7.59. The van der Waals surface area contributed by atoms with Crippen LogP contribution in [0.3, 0.4) is 0 Å². The van der Waals surface area contributed by atoms with Crippen molar-refractivity contribution in [3.63, 3.8) is 0 Å². The van der Waals surface area contributed by atoms with Gasteiger partial charge in [0.15, 0.2) is 5.96 Å². The molecule has 30 nitrogen and oxygen atoms in total. The van der Waals surface area contributed by atoms with Gasteiger partial charge in [-0.15, -0.1) is 0 Å². The molecule has 0 radical (unpaired) electrons. The van der Waals surface area contributed by atoms with Crippen molar-refractivity contribution in [2.45, 2.75) is 318 Å². The fourth-order valence-electron chi connectivity index (χ4n) is 12.0. The summed E-state index contributed by atoms with van der Waals surface area (Å²) in [5, 5.41) is 43.4. The Balaban J connectivity index is -0.000000158. The standard InChI is InChI=1S/C13H25N3.C10H23N5.C9H18N2.C8H20N4.C8H16N2.2C7H17N3.C7H15N.C6H13N.C5H12N2.C4H11N3O.3CH4/c1-11(8-12-4-2-6-14-9-12)16-13-5-3-7-15-10-13;1-3-4-7-15(9(2)11)8-5-6-14-10(12)13;1-7-3-5-9(6-4-7)11-8(2)10;1-8(11)12(6-2-4-9)7-3-5-10;1-3-8-4-5-10(6-8)7(2)9;1-7(8)9-5-4-6-10(2)3;1-3-5-10(6-4-8)7(2)9;1-8-7-5-3-2-4-6-7;1-3-5-6-7-4-2;1-3-4-7-5(2)6;1-4(6)7-8-3-2-5;;;/h12-15H,2-10H2,1H3;11H,3-8H2,1-2H3,(H4,12,13,14);7,9H,3-6H2,1-2H3,(H2,10,11);11H,2-7,9-10H2,1H3;8-9H,3-6H2,1-2H3;4-6H2,1-3H3,(H2,8,9);9H,3-6,8H2,1-2H3;7-8H,2-6H2,1H3;4H,3,5-6H2,1-2H3;3-4H2,1-2H3,(H2,6,7);2-3,5H2,1H3,(H2,6,7);3*1H4. The largest absolute Gasteiger partial charge is 0.393 e. The minimum Gasteiger partial charge on any atom is -0.393 e. The molecular formula is C87H199N29O. The molecule has 5 aliphatic rings. The summed E-state index contributed by atoms with van der Waals surface area (Å²) in [4.78, 5) is 40.1. The summed E-state index contributed by atoms with van der Waals surface area (Å²) < 4.78 is 0. The van der Waals surface area contributed by atoms with Crippen molar-refractivity contribution < 1.29 is 4.84 Å². The van der Waals surface area contributed by atoms with Crippen LogP contribution in [0.2, 0.25) is 0 Å². The molecule has 3 atom stereocenters. The lowest BCUT2D eigenvalue weighted by Gasteiger charge is -2.24. The van der Waals surface area contributed by atoms with Crippen LogP contribution in [0, 0.1) is 39.4 Å². The third-order valence-electron chi connectivity index (χ3n) is 18.6. The fourth-order valence-corrected chi connectivity index (χ4v) is 12.0. The number of nitrogens with zero attached hydrogens (tertiary/aromatic N) is 12. The molecule has 30 heteroatoms. The van der Waals surface area contributed by atoms with E-state index < -0.39 is 0 Å². The van der Waals surface area contributed by atoms with E-state index in [-0.39, 0.29) is 28.2 Å². The molecule has 2 aliphatic carbocycles. The van der Waals surface area contributed by atoms with E-state index in [2.05, 4.69) is 135 Å². The Morgan fingerprint density at radius 3 is 1.38 bits per heavy atom. The van der Waals surface area contributed by atoms with E-state index in [0.717, 1.165) is 172 Å².